The minimum Gasteiger partial charge on any atom is -0.381 e. The van der Waals surface area contributed by atoms with Crippen LogP contribution in [0.1, 0.15) is 25.6 Å². The van der Waals surface area contributed by atoms with Gasteiger partial charge in [-0.25, -0.2) is 0 Å². The summed E-state index contributed by atoms with van der Waals surface area (Å²) in [5, 5.41) is 3.84. The molecule has 0 aromatic carbocycles. The Kier molecular flexibility index (Phi) is 4.03. The summed E-state index contributed by atoms with van der Waals surface area (Å²) in [5.74, 6) is 1.27. The van der Waals surface area contributed by atoms with Crippen LogP contribution in [0.2, 0.25) is 0 Å². The van der Waals surface area contributed by atoms with E-state index in [2.05, 4.69) is 10.1 Å². The maximum Gasteiger partial charge on any atom is 0.228 e. The van der Waals surface area contributed by atoms with Crippen molar-refractivity contribution in [1.29, 1.82) is 0 Å². The van der Waals surface area contributed by atoms with Crippen LogP contribution in [0.4, 0.5) is 0 Å². The molecule has 0 aliphatic rings. The third kappa shape index (κ3) is 3.43. The number of rotatable bonds is 5. The van der Waals surface area contributed by atoms with Crippen molar-refractivity contribution in [3.63, 3.8) is 0 Å². The topological polar surface area (TPSA) is 74.2 Å². The maximum atomic E-state index is 5.61. The highest BCUT2D eigenvalue weighted by Gasteiger charge is 2.10. The second-order valence-electron chi connectivity index (χ2n) is 3.54. The summed E-state index contributed by atoms with van der Waals surface area (Å²) in [6.07, 6.45) is 1.39. The SMILES string of the molecule is COC(C)Cc1noc(CC(C)N)n1. The van der Waals surface area contributed by atoms with Gasteiger partial charge >= 0.3 is 0 Å². The van der Waals surface area contributed by atoms with Crippen LogP contribution in [-0.2, 0) is 17.6 Å². The Balaban J connectivity index is 2.50. The molecule has 80 valence electrons. The van der Waals surface area contributed by atoms with Crippen molar-refractivity contribution in [2.24, 2.45) is 5.73 Å². The van der Waals surface area contributed by atoms with Gasteiger partial charge in [0.1, 0.15) is 0 Å². The lowest BCUT2D eigenvalue weighted by Crippen LogP contribution is -2.18. The van der Waals surface area contributed by atoms with Gasteiger partial charge in [-0.2, -0.15) is 4.98 Å². The molecule has 5 nitrogen and oxygen atoms in total. The van der Waals surface area contributed by atoms with Crippen LogP contribution in [0.25, 0.3) is 0 Å². The fourth-order valence-electron chi connectivity index (χ4n) is 1.07. The van der Waals surface area contributed by atoms with Gasteiger partial charge in [-0.1, -0.05) is 5.16 Å². The summed E-state index contributed by atoms with van der Waals surface area (Å²) in [4.78, 5) is 4.20. The molecule has 2 atom stereocenters. The van der Waals surface area contributed by atoms with Crippen LogP contribution >= 0.6 is 0 Å². The predicted octanol–water partition coefficient (Wildman–Crippen LogP) is 0.537. The van der Waals surface area contributed by atoms with Gasteiger partial charge in [0.2, 0.25) is 5.89 Å². The summed E-state index contributed by atoms with van der Waals surface area (Å²) in [6, 6.07) is 0.0446. The zero-order valence-electron chi connectivity index (χ0n) is 8.86. The van der Waals surface area contributed by atoms with E-state index in [1.54, 1.807) is 7.11 Å². The first-order valence-electron chi connectivity index (χ1n) is 4.71. The van der Waals surface area contributed by atoms with Gasteiger partial charge in [0.15, 0.2) is 5.82 Å². The normalized spacial score (nSPS) is 15.4. The van der Waals surface area contributed by atoms with E-state index in [9.17, 15) is 0 Å². The lowest BCUT2D eigenvalue weighted by atomic mass is 10.2. The predicted molar refractivity (Wildman–Crippen MR) is 51.8 cm³/mol. The number of hydrogen-bond donors (Lipinski definition) is 1. The van der Waals surface area contributed by atoms with Crippen molar-refractivity contribution < 1.29 is 9.26 Å². The van der Waals surface area contributed by atoms with Gasteiger partial charge in [-0.15, -0.1) is 0 Å². The second-order valence-corrected chi connectivity index (χ2v) is 3.54. The van der Waals surface area contributed by atoms with Crippen LogP contribution in [0.5, 0.6) is 0 Å². The van der Waals surface area contributed by atoms with Crippen LogP contribution < -0.4 is 5.73 Å². The number of aromatic nitrogens is 2. The Morgan fingerprint density at radius 3 is 2.71 bits per heavy atom. The summed E-state index contributed by atoms with van der Waals surface area (Å²) < 4.78 is 10.1. The molecule has 0 saturated heterocycles. The molecule has 0 bridgehead atoms. The number of hydrogen-bond acceptors (Lipinski definition) is 5. The van der Waals surface area contributed by atoms with E-state index in [0.29, 0.717) is 24.6 Å². The van der Waals surface area contributed by atoms with Crippen molar-refractivity contribution >= 4 is 0 Å². The van der Waals surface area contributed by atoms with Crippen molar-refractivity contribution in [3.05, 3.63) is 11.7 Å². The molecular weight excluding hydrogens is 182 g/mol. The average Bonchev–Trinajstić information content (AvgIpc) is 2.51. The van der Waals surface area contributed by atoms with Gasteiger partial charge in [0.25, 0.3) is 0 Å². The smallest absolute Gasteiger partial charge is 0.228 e. The summed E-state index contributed by atoms with van der Waals surface area (Å²) in [6.45, 7) is 3.86. The number of nitrogens with two attached hydrogens (primary N) is 1. The van der Waals surface area contributed by atoms with Crippen molar-refractivity contribution in [2.75, 3.05) is 7.11 Å². The summed E-state index contributed by atoms with van der Waals surface area (Å²) >= 11 is 0. The van der Waals surface area contributed by atoms with Crippen LogP contribution in [0.15, 0.2) is 4.52 Å². The zero-order valence-corrected chi connectivity index (χ0v) is 8.86. The molecule has 0 fully saturated rings. The van der Waals surface area contributed by atoms with Crippen molar-refractivity contribution in [3.8, 4) is 0 Å². The van der Waals surface area contributed by atoms with E-state index < -0.39 is 0 Å². The van der Waals surface area contributed by atoms with Crippen LogP contribution in [-0.4, -0.2) is 29.4 Å². The average molecular weight is 199 g/mol. The molecule has 1 heterocycles. The quantitative estimate of drug-likeness (QED) is 0.749. The molecule has 1 aromatic rings. The minimum absolute atomic E-state index is 0.0446. The Bertz CT molecular complexity index is 273. The molecule has 14 heavy (non-hydrogen) atoms. The lowest BCUT2D eigenvalue weighted by Gasteiger charge is -2.04. The number of methoxy groups -OCH3 is 1. The largest absolute Gasteiger partial charge is 0.381 e. The molecule has 0 aliphatic carbocycles. The fraction of sp³-hybridized carbons (Fsp3) is 0.778. The highest BCUT2D eigenvalue weighted by molar-refractivity contribution is 4.89. The molecule has 0 saturated carbocycles. The zero-order chi connectivity index (χ0) is 10.6. The summed E-state index contributed by atoms with van der Waals surface area (Å²) in [5.41, 5.74) is 5.61. The van der Waals surface area contributed by atoms with E-state index in [1.165, 1.54) is 0 Å². The molecule has 2 unspecified atom stereocenters. The van der Waals surface area contributed by atoms with Gasteiger partial charge in [-0.05, 0) is 13.8 Å². The van der Waals surface area contributed by atoms with Crippen LogP contribution in [0.3, 0.4) is 0 Å². The Morgan fingerprint density at radius 1 is 1.43 bits per heavy atom. The third-order valence-corrected chi connectivity index (χ3v) is 1.88. The number of ether oxygens (including phenoxy) is 1. The van der Waals surface area contributed by atoms with Crippen molar-refractivity contribution in [2.45, 2.75) is 38.8 Å². The van der Waals surface area contributed by atoms with Gasteiger partial charge in [0, 0.05) is 26.0 Å². The molecule has 2 N–H and O–H groups in total. The molecule has 1 rings (SSSR count). The van der Waals surface area contributed by atoms with E-state index >= 15 is 0 Å². The van der Waals surface area contributed by atoms with E-state index in [0.717, 1.165) is 0 Å². The van der Waals surface area contributed by atoms with Crippen molar-refractivity contribution in [1.82, 2.24) is 10.1 Å². The number of nitrogens with zero attached hydrogens (tertiary/aromatic N) is 2. The highest BCUT2D eigenvalue weighted by Crippen LogP contribution is 2.04. The Labute approximate surface area is 83.6 Å². The van der Waals surface area contributed by atoms with Gasteiger partial charge in [-0.3, -0.25) is 0 Å². The third-order valence-electron chi connectivity index (χ3n) is 1.88. The first-order valence-corrected chi connectivity index (χ1v) is 4.71. The Hall–Kier alpha value is -0.940. The fourth-order valence-corrected chi connectivity index (χ4v) is 1.07. The monoisotopic (exact) mass is 199 g/mol. The molecule has 0 aliphatic heterocycles. The van der Waals surface area contributed by atoms with E-state index in [-0.39, 0.29) is 12.1 Å². The molecule has 1 aromatic heterocycles. The molecule has 0 amide bonds. The first kappa shape index (κ1) is 11.1. The Morgan fingerprint density at radius 2 is 2.14 bits per heavy atom. The standard InChI is InChI=1S/C9H17N3O2/c1-6(10)4-9-11-8(12-14-9)5-7(2)13-3/h6-7H,4-5,10H2,1-3H3. The van der Waals surface area contributed by atoms with Gasteiger partial charge < -0.3 is 15.0 Å². The molecular formula is C9H17N3O2. The molecule has 0 spiro atoms. The first-order chi connectivity index (χ1) is 6.61. The van der Waals surface area contributed by atoms with Gasteiger partial charge in [0.05, 0.1) is 6.10 Å². The molecule has 5 heteroatoms. The summed E-state index contributed by atoms with van der Waals surface area (Å²) in [7, 11) is 1.66. The molecule has 0 radical (unpaired) electrons. The van der Waals surface area contributed by atoms with E-state index in [4.69, 9.17) is 15.0 Å². The highest BCUT2D eigenvalue weighted by atomic mass is 16.5. The van der Waals surface area contributed by atoms with Crippen LogP contribution in [0, 0.1) is 0 Å². The van der Waals surface area contributed by atoms with E-state index in [1.807, 2.05) is 13.8 Å². The lowest BCUT2D eigenvalue weighted by molar-refractivity contribution is 0.116. The second kappa shape index (κ2) is 5.07. The minimum atomic E-state index is 0.0446. The maximum absolute atomic E-state index is 5.61.